The van der Waals surface area contributed by atoms with Crippen LogP contribution < -0.4 is 10.4 Å². The molecule has 0 saturated carbocycles. The van der Waals surface area contributed by atoms with Gasteiger partial charge >= 0.3 is 17.6 Å². The number of hydrogen-bond acceptors (Lipinski definition) is 12. The van der Waals surface area contributed by atoms with E-state index in [0.29, 0.717) is 55.9 Å². The zero-order valence-corrected chi connectivity index (χ0v) is 41.2. The van der Waals surface area contributed by atoms with Gasteiger partial charge in [0.15, 0.2) is 12.2 Å². The van der Waals surface area contributed by atoms with Crippen molar-refractivity contribution in [1.82, 2.24) is 0 Å². The molecule has 5 atom stereocenters. The van der Waals surface area contributed by atoms with E-state index in [1.807, 2.05) is 67.6 Å². The molecule has 0 saturated heterocycles. The van der Waals surface area contributed by atoms with E-state index in [0.717, 1.165) is 28.7 Å². The predicted molar refractivity (Wildman–Crippen MR) is 273 cm³/mol. The highest BCUT2D eigenvalue weighted by Crippen LogP contribution is 2.49. The number of aliphatic hydroxyl groups is 4. The van der Waals surface area contributed by atoms with Gasteiger partial charge in [0.2, 0.25) is 0 Å². The topological polar surface area (TPSA) is 182 Å². The summed E-state index contributed by atoms with van der Waals surface area (Å²) < 4.78 is 31.9. The first-order valence-corrected chi connectivity index (χ1v) is 25.2. The number of aryl methyl sites for hydroxylation is 3. The molecule has 0 spiro atoms. The minimum Gasteiger partial charge on any atom is -0.483 e. The van der Waals surface area contributed by atoms with Gasteiger partial charge in [0, 0.05) is 35.5 Å². The van der Waals surface area contributed by atoms with Gasteiger partial charge in [0.1, 0.15) is 23.7 Å². The van der Waals surface area contributed by atoms with Crippen molar-refractivity contribution >= 4 is 22.9 Å². The second-order valence-electron chi connectivity index (χ2n) is 19.5. The summed E-state index contributed by atoms with van der Waals surface area (Å²) in [5.41, 5.74) is 5.71. The molecular formula is C60H66O12. The second-order valence-corrected chi connectivity index (χ2v) is 19.5. The Balaban J connectivity index is 1.23. The molecule has 0 radical (unpaired) electrons. The van der Waals surface area contributed by atoms with E-state index >= 15 is 0 Å². The summed E-state index contributed by atoms with van der Waals surface area (Å²) in [4.78, 5) is 44.1. The third-order valence-electron chi connectivity index (χ3n) is 14.4. The van der Waals surface area contributed by atoms with Crippen molar-refractivity contribution < 1.29 is 53.4 Å². The molecule has 3 aliphatic heterocycles. The van der Waals surface area contributed by atoms with Crippen molar-refractivity contribution in [3.63, 3.8) is 0 Å². The number of rotatable bonds is 17. The lowest BCUT2D eigenvalue weighted by atomic mass is 9.81. The van der Waals surface area contributed by atoms with Crippen LogP contribution in [-0.2, 0) is 62.5 Å². The van der Waals surface area contributed by atoms with Gasteiger partial charge < -0.3 is 43.8 Å². The van der Waals surface area contributed by atoms with Crippen LogP contribution in [0, 0.1) is 5.92 Å². The molecule has 5 aromatic carbocycles. The van der Waals surface area contributed by atoms with Crippen molar-refractivity contribution in [3.05, 3.63) is 193 Å². The number of aliphatic hydroxyl groups excluding tert-OH is 4. The number of carbonyl (C=O) groups excluding carboxylic acids is 2. The van der Waals surface area contributed by atoms with Crippen LogP contribution >= 0.6 is 0 Å². The van der Waals surface area contributed by atoms with Crippen LogP contribution in [0.15, 0.2) is 142 Å². The Hall–Kier alpha value is -6.41. The first kappa shape index (κ1) is 51.9. The number of hydrogen-bond donors (Lipinski definition) is 4. The molecule has 9 rings (SSSR count). The number of ether oxygens (including phenoxy) is 4. The van der Waals surface area contributed by atoms with Crippen LogP contribution in [0.3, 0.4) is 0 Å². The summed E-state index contributed by atoms with van der Waals surface area (Å²) in [6.45, 7) is 1.45. The number of benzene rings is 5. The van der Waals surface area contributed by atoms with Crippen molar-refractivity contribution in [3.8, 4) is 5.75 Å². The lowest BCUT2D eigenvalue weighted by Gasteiger charge is -2.45. The second kappa shape index (κ2) is 24.3. The van der Waals surface area contributed by atoms with Crippen LogP contribution in [0.5, 0.6) is 5.75 Å². The SMILES string of the molecule is C/C(CO)=C1\CCc2ccc(cc2)C[C@@H](CCc2cccc(Cc3ccccc3)c2)CC(=O)O[C@@H]2c3c(ccc4c(CO)c([C@H](CCO)COCO)c(=O)oc34)O[C@@](C)(CCCc3ccccc3)[C@H]2OC1=O. The van der Waals surface area contributed by atoms with Gasteiger partial charge in [-0.2, -0.15) is 0 Å². The van der Waals surface area contributed by atoms with Gasteiger partial charge in [-0.25, -0.2) is 9.59 Å². The highest BCUT2D eigenvalue weighted by atomic mass is 16.6. The van der Waals surface area contributed by atoms with Gasteiger partial charge in [-0.05, 0) is 141 Å². The summed E-state index contributed by atoms with van der Waals surface area (Å²) in [5.74, 6) is -1.95. The van der Waals surface area contributed by atoms with Gasteiger partial charge in [-0.15, -0.1) is 0 Å². The Kier molecular flexibility index (Phi) is 17.6. The Labute approximate surface area is 420 Å². The standard InChI is InChI=1S/C60H66O12/c1-39(35-62)48-25-24-41-18-20-44(21-19-41)33-46(23-22-43-15-9-16-45(32-43)31-42-13-7-4-8-14-42)34-52(65)69-56-54-51(72-60(2,57(56)71-58(48)66)29-10-17-40-11-5-3-6-12-40)27-26-49-50(36-63)53(59(67)70-55(49)54)47(28-30-61)37-68-38-64/h3-9,11-16,18-21,26-27,32,46-47,56-57,61-64H,10,17,22-25,28-31,33-38H2,1-2H3/b48-39-/t46-,47-,56-,57+,60+/m1/s1. The molecule has 0 amide bonds. The fourth-order valence-electron chi connectivity index (χ4n) is 10.5. The molecule has 4 N–H and O–H groups in total. The minimum absolute atomic E-state index is 0.00671. The van der Waals surface area contributed by atoms with Crippen LogP contribution in [0.4, 0.5) is 0 Å². The summed E-state index contributed by atoms with van der Waals surface area (Å²) in [6, 6.07) is 40.4. The van der Waals surface area contributed by atoms with Crippen LogP contribution in [-0.4, -0.2) is 70.7 Å². The molecule has 0 fully saturated rings. The summed E-state index contributed by atoms with van der Waals surface area (Å²) >= 11 is 0. The third-order valence-corrected chi connectivity index (χ3v) is 14.4. The molecule has 1 aromatic heterocycles. The maximum atomic E-state index is 15.0. The molecule has 2 bridgehead atoms. The van der Waals surface area contributed by atoms with Crippen LogP contribution in [0.2, 0.25) is 0 Å². The molecule has 6 aromatic rings. The zero-order valence-electron chi connectivity index (χ0n) is 41.2. The lowest BCUT2D eigenvalue weighted by Crippen LogP contribution is -2.54. The van der Waals surface area contributed by atoms with Gasteiger partial charge in [-0.1, -0.05) is 109 Å². The quantitative estimate of drug-likeness (QED) is 0.0295. The third kappa shape index (κ3) is 12.4. The Morgan fingerprint density at radius 2 is 1.47 bits per heavy atom. The molecule has 12 nitrogen and oxygen atoms in total. The normalized spacial score (nSPS) is 20.5. The fraction of sp³-hybridized carbons (Fsp3) is 0.383. The molecule has 4 heterocycles. The average Bonchev–Trinajstić information content (AvgIpc) is 3.38. The van der Waals surface area contributed by atoms with E-state index in [1.165, 1.54) is 11.1 Å². The van der Waals surface area contributed by atoms with Crippen molar-refractivity contribution in [2.75, 3.05) is 26.6 Å². The smallest absolute Gasteiger partial charge is 0.340 e. The predicted octanol–water partition coefficient (Wildman–Crippen LogP) is 9.12. The van der Waals surface area contributed by atoms with Crippen LogP contribution in [0.1, 0.15) is 114 Å². The molecular weight excluding hydrogens is 913 g/mol. The maximum Gasteiger partial charge on any atom is 0.340 e. The summed E-state index contributed by atoms with van der Waals surface area (Å²) in [5, 5.41) is 41.3. The fourth-order valence-corrected chi connectivity index (χ4v) is 10.5. The van der Waals surface area contributed by atoms with E-state index in [1.54, 1.807) is 19.1 Å². The zero-order chi connectivity index (χ0) is 50.6. The maximum absolute atomic E-state index is 15.0. The van der Waals surface area contributed by atoms with Crippen molar-refractivity contribution in [2.45, 2.75) is 115 Å². The van der Waals surface area contributed by atoms with E-state index in [9.17, 15) is 34.8 Å². The van der Waals surface area contributed by atoms with Crippen LogP contribution in [0.25, 0.3) is 11.0 Å². The first-order valence-electron chi connectivity index (χ1n) is 25.2. The van der Waals surface area contributed by atoms with E-state index in [2.05, 4.69) is 48.5 Å². The van der Waals surface area contributed by atoms with Crippen molar-refractivity contribution in [1.29, 1.82) is 0 Å². The molecule has 378 valence electrons. The number of carbonyl (C=O) groups is 2. The lowest BCUT2D eigenvalue weighted by molar-refractivity contribution is -0.192. The van der Waals surface area contributed by atoms with Gasteiger partial charge in [0.25, 0.3) is 0 Å². The highest BCUT2D eigenvalue weighted by molar-refractivity contribution is 5.90. The van der Waals surface area contributed by atoms with Gasteiger partial charge in [-0.3, -0.25) is 4.79 Å². The van der Waals surface area contributed by atoms with Crippen molar-refractivity contribution in [2.24, 2.45) is 5.92 Å². The summed E-state index contributed by atoms with van der Waals surface area (Å²) in [6.07, 6.45) is 2.52. The highest BCUT2D eigenvalue weighted by Gasteiger charge is 2.53. The molecule has 0 unspecified atom stereocenters. The number of fused-ring (bicyclic) bond motifs is 13. The van der Waals surface area contributed by atoms with E-state index in [4.69, 9.17) is 23.4 Å². The first-order chi connectivity index (χ1) is 35.0. The van der Waals surface area contributed by atoms with Gasteiger partial charge in [0.05, 0.1) is 25.4 Å². The average molecular weight is 979 g/mol. The Bertz CT molecular complexity index is 2870. The molecule has 72 heavy (non-hydrogen) atoms. The Morgan fingerprint density at radius 3 is 2.18 bits per heavy atom. The number of esters is 2. The summed E-state index contributed by atoms with van der Waals surface area (Å²) in [7, 11) is 0. The molecule has 3 aliphatic rings. The van der Waals surface area contributed by atoms with E-state index in [-0.39, 0.29) is 78.6 Å². The monoisotopic (exact) mass is 978 g/mol. The van der Waals surface area contributed by atoms with E-state index < -0.39 is 54.7 Å². The molecule has 0 aliphatic carbocycles. The molecule has 12 heteroatoms. The minimum atomic E-state index is -1.38. The Morgan fingerprint density at radius 1 is 0.764 bits per heavy atom. The largest absolute Gasteiger partial charge is 0.483 e.